The number of hydrogen-bond acceptors (Lipinski definition) is 6. The summed E-state index contributed by atoms with van der Waals surface area (Å²) in [6, 6.07) is 23.9. The molecule has 0 saturated carbocycles. The Balaban J connectivity index is 1.29. The molecule has 0 spiro atoms. The lowest BCUT2D eigenvalue weighted by Crippen LogP contribution is -2.22. The van der Waals surface area contributed by atoms with E-state index in [9.17, 15) is 4.79 Å². The summed E-state index contributed by atoms with van der Waals surface area (Å²) in [5.41, 5.74) is 4.98. The molecule has 2 aromatic carbocycles. The van der Waals surface area contributed by atoms with Gasteiger partial charge in [-0.05, 0) is 71.5 Å². The molecule has 174 valence electrons. The largest absolute Gasteiger partial charge is 0.348 e. The molecule has 1 N–H and O–H groups in total. The van der Waals surface area contributed by atoms with Gasteiger partial charge in [-0.15, -0.1) is 21.5 Å². The number of amides is 1. The molecule has 0 atom stereocenters. The number of carbonyl (C=O) groups is 1. The predicted molar refractivity (Wildman–Crippen MR) is 141 cm³/mol. The zero-order valence-corrected chi connectivity index (χ0v) is 20.7. The van der Waals surface area contributed by atoms with Gasteiger partial charge in [-0.25, -0.2) is 0 Å². The summed E-state index contributed by atoms with van der Waals surface area (Å²) in [4.78, 5) is 17.6. The summed E-state index contributed by atoms with van der Waals surface area (Å²) in [7, 11) is 0. The van der Waals surface area contributed by atoms with Crippen molar-refractivity contribution >= 4 is 29.0 Å². The first-order valence-electron chi connectivity index (χ1n) is 11.1. The number of aryl methyl sites for hydroxylation is 1. The molecular formula is C27H23N5OS2. The first kappa shape index (κ1) is 23.0. The molecule has 0 fully saturated rings. The zero-order chi connectivity index (χ0) is 24.0. The van der Waals surface area contributed by atoms with E-state index in [1.54, 1.807) is 35.5 Å². The number of rotatable bonds is 8. The Morgan fingerprint density at radius 1 is 0.971 bits per heavy atom. The highest BCUT2D eigenvalue weighted by Gasteiger charge is 2.17. The molecule has 0 unspecified atom stereocenters. The van der Waals surface area contributed by atoms with Crippen LogP contribution in [0, 0.1) is 6.92 Å². The second kappa shape index (κ2) is 10.7. The van der Waals surface area contributed by atoms with E-state index < -0.39 is 0 Å². The van der Waals surface area contributed by atoms with Crippen LogP contribution in [0.15, 0.2) is 95.7 Å². The monoisotopic (exact) mass is 497 g/mol. The third-order valence-electron chi connectivity index (χ3n) is 5.42. The van der Waals surface area contributed by atoms with Gasteiger partial charge in [0.25, 0.3) is 5.91 Å². The van der Waals surface area contributed by atoms with Crippen molar-refractivity contribution in [3.05, 3.63) is 113 Å². The smallest absolute Gasteiger partial charge is 0.251 e. The zero-order valence-electron chi connectivity index (χ0n) is 19.1. The van der Waals surface area contributed by atoms with Gasteiger partial charge >= 0.3 is 0 Å². The van der Waals surface area contributed by atoms with Crippen molar-refractivity contribution in [3.63, 3.8) is 0 Å². The lowest BCUT2D eigenvalue weighted by molar-refractivity contribution is 0.0951. The van der Waals surface area contributed by atoms with Crippen LogP contribution in [0.5, 0.6) is 0 Å². The lowest BCUT2D eigenvalue weighted by Gasteiger charge is -2.10. The van der Waals surface area contributed by atoms with Crippen LogP contribution in [0.25, 0.3) is 16.4 Å². The molecule has 1 amide bonds. The SMILES string of the molecule is Cc1cccc(-n2c(SCc3ccc(C(=O)NCc4ccncc4)cc3)nnc2-c2cccs2)c1. The van der Waals surface area contributed by atoms with E-state index in [2.05, 4.69) is 62.3 Å². The first-order chi connectivity index (χ1) is 17.2. The van der Waals surface area contributed by atoms with Crippen molar-refractivity contribution in [3.8, 4) is 16.4 Å². The molecule has 5 rings (SSSR count). The van der Waals surface area contributed by atoms with Crippen LogP contribution >= 0.6 is 23.1 Å². The fourth-order valence-electron chi connectivity index (χ4n) is 3.61. The highest BCUT2D eigenvalue weighted by molar-refractivity contribution is 7.98. The van der Waals surface area contributed by atoms with Crippen LogP contribution in [0.2, 0.25) is 0 Å². The lowest BCUT2D eigenvalue weighted by atomic mass is 10.1. The number of nitrogens with one attached hydrogen (secondary N) is 1. The van der Waals surface area contributed by atoms with Crippen molar-refractivity contribution in [2.75, 3.05) is 0 Å². The van der Waals surface area contributed by atoms with Gasteiger partial charge in [-0.3, -0.25) is 14.3 Å². The van der Waals surface area contributed by atoms with E-state index in [1.165, 1.54) is 5.56 Å². The Bertz CT molecular complexity index is 1410. The second-order valence-corrected chi connectivity index (χ2v) is 9.87. The van der Waals surface area contributed by atoms with Gasteiger partial charge in [0.05, 0.1) is 10.6 Å². The molecule has 0 saturated heterocycles. The molecule has 0 aliphatic carbocycles. The molecule has 0 radical (unpaired) electrons. The number of hydrogen-bond donors (Lipinski definition) is 1. The number of thiophene rings is 1. The van der Waals surface area contributed by atoms with Gasteiger partial charge in [0, 0.05) is 30.3 Å². The average molecular weight is 498 g/mol. The molecule has 6 nitrogen and oxygen atoms in total. The van der Waals surface area contributed by atoms with Crippen LogP contribution < -0.4 is 5.32 Å². The summed E-state index contributed by atoms with van der Waals surface area (Å²) in [5.74, 6) is 1.46. The van der Waals surface area contributed by atoms with Gasteiger partial charge in [0.2, 0.25) is 0 Å². The van der Waals surface area contributed by atoms with Crippen LogP contribution in [-0.2, 0) is 12.3 Å². The van der Waals surface area contributed by atoms with Crippen LogP contribution in [0.4, 0.5) is 0 Å². The fourth-order valence-corrected chi connectivity index (χ4v) is 5.22. The first-order valence-corrected chi connectivity index (χ1v) is 13.0. The van der Waals surface area contributed by atoms with Crippen molar-refractivity contribution < 1.29 is 4.79 Å². The highest BCUT2D eigenvalue weighted by Crippen LogP contribution is 2.32. The highest BCUT2D eigenvalue weighted by atomic mass is 32.2. The van der Waals surface area contributed by atoms with E-state index >= 15 is 0 Å². The van der Waals surface area contributed by atoms with Gasteiger partial charge in [-0.1, -0.05) is 42.1 Å². The summed E-state index contributed by atoms with van der Waals surface area (Å²) >= 11 is 3.28. The normalized spacial score (nSPS) is 10.9. The molecule has 3 heterocycles. The molecule has 0 bridgehead atoms. The van der Waals surface area contributed by atoms with E-state index in [-0.39, 0.29) is 5.91 Å². The molecule has 0 aliphatic heterocycles. The number of carbonyl (C=O) groups excluding carboxylic acids is 1. The maximum absolute atomic E-state index is 12.5. The van der Waals surface area contributed by atoms with E-state index in [1.807, 2.05) is 47.8 Å². The number of thioether (sulfide) groups is 1. The second-order valence-electron chi connectivity index (χ2n) is 7.98. The summed E-state index contributed by atoms with van der Waals surface area (Å²) in [5, 5.41) is 14.8. The Morgan fingerprint density at radius 2 is 1.80 bits per heavy atom. The quantitative estimate of drug-likeness (QED) is 0.269. The number of nitrogens with zero attached hydrogens (tertiary/aromatic N) is 4. The number of benzene rings is 2. The predicted octanol–water partition coefficient (Wildman–Crippen LogP) is 5.92. The van der Waals surface area contributed by atoms with Crippen molar-refractivity contribution in [1.82, 2.24) is 25.1 Å². The molecule has 8 heteroatoms. The summed E-state index contributed by atoms with van der Waals surface area (Å²) in [6.45, 7) is 2.56. The van der Waals surface area contributed by atoms with Crippen molar-refractivity contribution in [2.45, 2.75) is 24.4 Å². The fraction of sp³-hybridized carbons (Fsp3) is 0.111. The van der Waals surface area contributed by atoms with Crippen LogP contribution in [-0.4, -0.2) is 25.7 Å². The topological polar surface area (TPSA) is 72.7 Å². The molecule has 35 heavy (non-hydrogen) atoms. The van der Waals surface area contributed by atoms with E-state index in [0.29, 0.717) is 17.9 Å². The van der Waals surface area contributed by atoms with Crippen LogP contribution in [0.3, 0.4) is 0 Å². The van der Waals surface area contributed by atoms with E-state index in [0.717, 1.165) is 32.7 Å². The molecule has 5 aromatic rings. The number of pyridine rings is 1. The molecular weight excluding hydrogens is 474 g/mol. The van der Waals surface area contributed by atoms with Gasteiger partial charge < -0.3 is 5.32 Å². The Kier molecular flexibility index (Phi) is 7.02. The Morgan fingerprint density at radius 3 is 2.54 bits per heavy atom. The Labute approximate surface area is 212 Å². The Hall–Kier alpha value is -3.75. The van der Waals surface area contributed by atoms with Crippen LogP contribution in [0.1, 0.15) is 27.0 Å². The minimum atomic E-state index is -0.0965. The maximum Gasteiger partial charge on any atom is 0.251 e. The van der Waals surface area contributed by atoms with E-state index in [4.69, 9.17) is 0 Å². The number of aromatic nitrogens is 4. The summed E-state index contributed by atoms with van der Waals surface area (Å²) in [6.07, 6.45) is 3.44. The van der Waals surface area contributed by atoms with Crippen molar-refractivity contribution in [1.29, 1.82) is 0 Å². The standard InChI is InChI=1S/C27H23N5OS2/c1-19-4-2-5-23(16-19)32-25(24-6-3-15-34-24)30-31-27(32)35-18-21-7-9-22(10-8-21)26(33)29-17-20-11-13-28-14-12-20/h2-16H,17-18H2,1H3,(H,29,33). The third kappa shape index (κ3) is 5.50. The summed E-state index contributed by atoms with van der Waals surface area (Å²) < 4.78 is 2.12. The average Bonchev–Trinajstić information content (AvgIpc) is 3.57. The van der Waals surface area contributed by atoms with Gasteiger partial charge in [0.15, 0.2) is 11.0 Å². The minimum Gasteiger partial charge on any atom is -0.348 e. The van der Waals surface area contributed by atoms with Gasteiger partial charge in [0.1, 0.15) is 0 Å². The maximum atomic E-state index is 12.5. The molecule has 3 aromatic heterocycles. The third-order valence-corrected chi connectivity index (χ3v) is 7.29. The van der Waals surface area contributed by atoms with Gasteiger partial charge in [-0.2, -0.15) is 0 Å². The minimum absolute atomic E-state index is 0.0965. The van der Waals surface area contributed by atoms with Crippen molar-refractivity contribution in [2.24, 2.45) is 0 Å². The molecule has 0 aliphatic rings.